The summed E-state index contributed by atoms with van der Waals surface area (Å²) in [7, 11) is -4.93. The van der Waals surface area contributed by atoms with Crippen LogP contribution in [0.5, 0.6) is 0 Å². The quantitative estimate of drug-likeness (QED) is 0.496. The predicted octanol–water partition coefficient (Wildman–Crippen LogP) is 0.443. The fraction of sp³-hybridized carbons (Fsp3) is 1.00. The molecule has 0 aromatic carbocycles. The molecule has 0 aliphatic heterocycles. The highest BCUT2D eigenvalue weighted by molar-refractivity contribution is 7.33. The second kappa shape index (κ2) is 6.84. The van der Waals surface area contributed by atoms with Gasteiger partial charge in [0.15, 0.2) is 0 Å². The molecule has 0 aromatic rings. The molecule has 0 aliphatic carbocycles. The van der Waals surface area contributed by atoms with Crippen molar-refractivity contribution in [3.8, 4) is 0 Å². The maximum Gasteiger partial charge on any atom is 0.688 e. The Morgan fingerprint density at radius 3 is 2.09 bits per heavy atom. The number of rotatable bonds is 6. The lowest BCUT2D eigenvalue weighted by molar-refractivity contribution is 0.151. The third kappa shape index (κ3) is 6.55. The molecule has 0 saturated carbocycles. The van der Waals surface area contributed by atoms with Crippen molar-refractivity contribution >= 4 is 17.8 Å². The monoisotopic (exact) mass is 199 g/mol. The zero-order chi connectivity index (χ0) is 8.69. The molecular formula is C4H12O5PSi+. The van der Waals surface area contributed by atoms with Crippen molar-refractivity contribution in [2.45, 2.75) is 13.8 Å². The van der Waals surface area contributed by atoms with E-state index in [2.05, 4.69) is 4.21 Å². The molecule has 0 aromatic heterocycles. The van der Waals surface area contributed by atoms with Crippen LogP contribution in [0.25, 0.3) is 0 Å². The Hall–Kier alpha value is 0.157. The van der Waals surface area contributed by atoms with E-state index in [1.54, 1.807) is 13.8 Å². The van der Waals surface area contributed by atoms with E-state index >= 15 is 0 Å². The van der Waals surface area contributed by atoms with Gasteiger partial charge in [-0.25, -0.2) is 0 Å². The van der Waals surface area contributed by atoms with Gasteiger partial charge < -0.3 is 8.85 Å². The van der Waals surface area contributed by atoms with E-state index in [0.717, 1.165) is 0 Å². The third-order valence-corrected chi connectivity index (χ3v) is 3.40. The lowest BCUT2D eigenvalue weighted by Gasteiger charge is -2.05. The van der Waals surface area contributed by atoms with Gasteiger partial charge >= 0.3 is 17.8 Å². The van der Waals surface area contributed by atoms with E-state index in [1.807, 2.05) is 0 Å². The van der Waals surface area contributed by atoms with E-state index in [-0.39, 0.29) is 0 Å². The van der Waals surface area contributed by atoms with Gasteiger partial charge in [0.05, 0.1) is 0 Å². The molecule has 5 nitrogen and oxygen atoms in total. The van der Waals surface area contributed by atoms with Crippen molar-refractivity contribution in [1.82, 2.24) is 0 Å². The highest BCUT2D eigenvalue weighted by Crippen LogP contribution is 2.16. The normalized spacial score (nSPS) is 12.2. The summed E-state index contributed by atoms with van der Waals surface area (Å²) in [5.41, 5.74) is 0. The smallest absolute Gasteiger partial charge is 0.374 e. The summed E-state index contributed by atoms with van der Waals surface area (Å²) in [5.74, 6) is 0. The molecule has 0 bridgehead atoms. The SMILES string of the molecule is CCO[SiH](OCC)O[P+](=O)O. The fourth-order valence-electron chi connectivity index (χ4n) is 0.455. The lowest BCUT2D eigenvalue weighted by atomic mass is 10.9. The highest BCUT2D eigenvalue weighted by Gasteiger charge is 2.27. The van der Waals surface area contributed by atoms with Crippen molar-refractivity contribution in [3.05, 3.63) is 0 Å². The molecular weight excluding hydrogens is 187 g/mol. The molecule has 0 heterocycles. The maximum atomic E-state index is 10.2. The van der Waals surface area contributed by atoms with Crippen LogP contribution in [0.3, 0.4) is 0 Å². The average Bonchev–Trinajstić information content (AvgIpc) is 1.87. The minimum absolute atomic E-state index is 0.431. The molecule has 11 heavy (non-hydrogen) atoms. The maximum absolute atomic E-state index is 10.2. The Bertz CT molecular complexity index is 115. The topological polar surface area (TPSA) is 65.0 Å². The standard InChI is InChI=1S/C4H11O5PSi/c1-3-7-11(8-4-2)9-10(5)6/h11H,3-4H2,1-2H3/p+1. The van der Waals surface area contributed by atoms with Crippen molar-refractivity contribution in [3.63, 3.8) is 0 Å². The van der Waals surface area contributed by atoms with Gasteiger partial charge in [-0.05, 0) is 13.8 Å². The van der Waals surface area contributed by atoms with Gasteiger partial charge in [-0.1, -0.05) is 0 Å². The number of hydrogen-bond acceptors (Lipinski definition) is 4. The molecule has 0 spiro atoms. The van der Waals surface area contributed by atoms with Crippen LogP contribution < -0.4 is 0 Å². The first-order valence-electron chi connectivity index (χ1n) is 3.26. The molecule has 7 heteroatoms. The van der Waals surface area contributed by atoms with Crippen molar-refractivity contribution < 1.29 is 22.5 Å². The minimum Gasteiger partial charge on any atom is -0.374 e. The third-order valence-electron chi connectivity index (χ3n) is 0.782. The van der Waals surface area contributed by atoms with Gasteiger partial charge in [-0.15, -0.1) is 9.11 Å². The molecule has 0 fully saturated rings. The molecule has 0 saturated heterocycles. The van der Waals surface area contributed by atoms with Gasteiger partial charge in [0.1, 0.15) is 0 Å². The van der Waals surface area contributed by atoms with Crippen LogP contribution >= 0.6 is 8.25 Å². The second-order valence-electron chi connectivity index (χ2n) is 1.54. The van der Waals surface area contributed by atoms with Crippen molar-refractivity contribution in [1.29, 1.82) is 0 Å². The fourth-order valence-corrected chi connectivity index (χ4v) is 2.17. The molecule has 1 unspecified atom stereocenters. The van der Waals surface area contributed by atoms with Gasteiger partial charge in [-0.3, -0.25) is 0 Å². The first-order valence-corrected chi connectivity index (χ1v) is 5.81. The summed E-state index contributed by atoms with van der Waals surface area (Å²) in [5, 5.41) is 0. The predicted molar refractivity (Wildman–Crippen MR) is 41.3 cm³/mol. The zero-order valence-electron chi connectivity index (χ0n) is 6.52. The van der Waals surface area contributed by atoms with Gasteiger partial charge in [0.2, 0.25) is 0 Å². The van der Waals surface area contributed by atoms with E-state index in [1.165, 1.54) is 0 Å². The summed E-state index contributed by atoms with van der Waals surface area (Å²) in [6.45, 7) is 4.40. The van der Waals surface area contributed by atoms with E-state index in [9.17, 15) is 4.57 Å². The largest absolute Gasteiger partial charge is 0.688 e. The summed E-state index contributed by atoms with van der Waals surface area (Å²) >= 11 is 0. The lowest BCUT2D eigenvalue weighted by Crippen LogP contribution is -2.24. The second-order valence-corrected chi connectivity index (χ2v) is 4.11. The summed E-state index contributed by atoms with van der Waals surface area (Å²) in [6.07, 6.45) is 0. The van der Waals surface area contributed by atoms with Gasteiger partial charge in [0, 0.05) is 17.8 Å². The van der Waals surface area contributed by atoms with Crippen LogP contribution in [0.4, 0.5) is 0 Å². The van der Waals surface area contributed by atoms with Crippen LogP contribution in [0.1, 0.15) is 13.8 Å². The van der Waals surface area contributed by atoms with Crippen LogP contribution in [0, 0.1) is 0 Å². The Morgan fingerprint density at radius 2 is 1.82 bits per heavy atom. The van der Waals surface area contributed by atoms with E-state index in [4.69, 9.17) is 13.7 Å². The zero-order valence-corrected chi connectivity index (χ0v) is 8.57. The summed E-state index contributed by atoms with van der Waals surface area (Å²) in [6, 6.07) is 0. The Balaban J connectivity index is 3.59. The Labute approximate surface area is 68.2 Å². The molecule has 0 radical (unpaired) electrons. The van der Waals surface area contributed by atoms with Crippen molar-refractivity contribution in [2.24, 2.45) is 0 Å². The van der Waals surface area contributed by atoms with Crippen molar-refractivity contribution in [2.75, 3.05) is 13.2 Å². The molecule has 0 amide bonds. The summed E-state index contributed by atoms with van der Waals surface area (Å²) in [4.78, 5) is 8.34. The molecule has 0 aliphatic rings. The molecule has 1 N–H and O–H groups in total. The van der Waals surface area contributed by atoms with Gasteiger partial charge in [0.25, 0.3) is 0 Å². The van der Waals surface area contributed by atoms with Crippen LogP contribution in [0.15, 0.2) is 0 Å². The summed E-state index contributed by atoms with van der Waals surface area (Å²) < 4.78 is 24.5. The van der Waals surface area contributed by atoms with Crippen LogP contribution in [-0.4, -0.2) is 27.6 Å². The molecule has 1 atom stereocenters. The molecule has 66 valence electrons. The Morgan fingerprint density at radius 1 is 1.36 bits per heavy atom. The highest BCUT2D eigenvalue weighted by atomic mass is 31.1. The first-order chi connectivity index (χ1) is 5.20. The minimum atomic E-state index is -2.60. The van der Waals surface area contributed by atoms with Gasteiger partial charge in [-0.2, -0.15) is 0 Å². The first kappa shape index (κ1) is 11.2. The number of hydrogen-bond donors (Lipinski definition) is 1. The van der Waals surface area contributed by atoms with E-state index < -0.39 is 17.8 Å². The Kier molecular flexibility index (Phi) is 6.94. The van der Waals surface area contributed by atoms with Crippen LogP contribution in [-0.2, 0) is 17.6 Å². The van der Waals surface area contributed by atoms with Crippen LogP contribution in [0.2, 0.25) is 0 Å². The molecule has 0 rings (SSSR count). The average molecular weight is 199 g/mol. The van der Waals surface area contributed by atoms with E-state index in [0.29, 0.717) is 13.2 Å².